The number of carbonyl (C=O) groups is 1. The number of para-hydroxylation sites is 2. The highest BCUT2D eigenvalue weighted by Gasteiger charge is 2.07. The topological polar surface area (TPSA) is 54.0 Å². The van der Waals surface area contributed by atoms with E-state index in [-0.39, 0.29) is 6.03 Å². The Hall–Kier alpha value is -2.88. The molecule has 1 heterocycles. The quantitative estimate of drug-likeness (QED) is 0.738. The molecular weight excluding hydrogens is 262 g/mol. The number of benzene rings is 2. The number of fused-ring (bicyclic) bond motifs is 1. The number of anilines is 2. The molecule has 2 N–H and O–H groups in total. The fourth-order valence-corrected chi connectivity index (χ4v) is 2.22. The molecule has 0 unspecified atom stereocenters. The average molecular weight is 277 g/mol. The molecule has 0 atom stereocenters. The third-order valence-electron chi connectivity index (χ3n) is 3.12. The van der Waals surface area contributed by atoms with Crippen molar-refractivity contribution >= 4 is 28.3 Å². The fourth-order valence-electron chi connectivity index (χ4n) is 2.22. The zero-order valence-electron chi connectivity index (χ0n) is 11.6. The molecule has 0 aliphatic rings. The van der Waals surface area contributed by atoms with Crippen LogP contribution in [-0.2, 0) is 0 Å². The van der Waals surface area contributed by atoms with Gasteiger partial charge in [-0.15, -0.1) is 0 Å². The Kier molecular flexibility index (Phi) is 3.51. The zero-order valence-corrected chi connectivity index (χ0v) is 11.6. The standard InChI is InChI=1S/C17H15N3O/c1-12-11-16(14-9-5-6-10-15(14)18-12)20-17(21)19-13-7-3-2-4-8-13/h2-11H,1H3,(H2,18,19,20,21). The maximum absolute atomic E-state index is 12.1. The van der Waals surface area contributed by atoms with Crippen molar-refractivity contribution in [2.75, 3.05) is 10.6 Å². The van der Waals surface area contributed by atoms with E-state index in [1.807, 2.05) is 67.6 Å². The van der Waals surface area contributed by atoms with Crippen LogP contribution in [0.3, 0.4) is 0 Å². The Labute approximate surface area is 122 Å². The summed E-state index contributed by atoms with van der Waals surface area (Å²) in [7, 11) is 0. The van der Waals surface area contributed by atoms with Crippen LogP contribution in [0.2, 0.25) is 0 Å². The largest absolute Gasteiger partial charge is 0.323 e. The van der Waals surface area contributed by atoms with Gasteiger partial charge in [-0.05, 0) is 31.2 Å². The predicted molar refractivity (Wildman–Crippen MR) is 85.6 cm³/mol. The molecule has 4 nitrogen and oxygen atoms in total. The zero-order chi connectivity index (χ0) is 14.7. The van der Waals surface area contributed by atoms with Crippen molar-refractivity contribution in [2.24, 2.45) is 0 Å². The first kappa shape index (κ1) is 13.1. The first-order chi connectivity index (χ1) is 10.2. The van der Waals surface area contributed by atoms with Crippen molar-refractivity contribution < 1.29 is 4.79 Å². The minimum Gasteiger partial charge on any atom is -0.308 e. The summed E-state index contributed by atoms with van der Waals surface area (Å²) >= 11 is 0. The van der Waals surface area contributed by atoms with E-state index in [0.717, 1.165) is 28.0 Å². The maximum atomic E-state index is 12.1. The second-order valence-electron chi connectivity index (χ2n) is 4.77. The summed E-state index contributed by atoms with van der Waals surface area (Å²) < 4.78 is 0. The smallest absolute Gasteiger partial charge is 0.308 e. The molecule has 4 heteroatoms. The summed E-state index contributed by atoms with van der Waals surface area (Å²) in [4.78, 5) is 16.6. The summed E-state index contributed by atoms with van der Waals surface area (Å²) in [5.41, 5.74) is 3.24. The van der Waals surface area contributed by atoms with E-state index in [1.54, 1.807) is 0 Å². The predicted octanol–water partition coefficient (Wildman–Crippen LogP) is 4.19. The van der Waals surface area contributed by atoms with Crippen molar-refractivity contribution in [2.45, 2.75) is 6.92 Å². The molecule has 3 aromatic rings. The van der Waals surface area contributed by atoms with Gasteiger partial charge in [0.05, 0.1) is 11.2 Å². The minimum absolute atomic E-state index is 0.267. The van der Waals surface area contributed by atoms with E-state index >= 15 is 0 Å². The van der Waals surface area contributed by atoms with Crippen LogP contribution in [0.5, 0.6) is 0 Å². The van der Waals surface area contributed by atoms with Crippen molar-refractivity contribution in [1.82, 2.24) is 4.98 Å². The monoisotopic (exact) mass is 277 g/mol. The molecule has 0 aliphatic carbocycles. The van der Waals surface area contributed by atoms with Gasteiger partial charge >= 0.3 is 6.03 Å². The molecule has 3 rings (SSSR count). The van der Waals surface area contributed by atoms with E-state index in [4.69, 9.17) is 0 Å². The number of aryl methyl sites for hydroxylation is 1. The van der Waals surface area contributed by atoms with Crippen LogP contribution in [0.4, 0.5) is 16.2 Å². The summed E-state index contributed by atoms with van der Waals surface area (Å²) in [5.74, 6) is 0. The molecule has 2 amide bonds. The highest BCUT2D eigenvalue weighted by Crippen LogP contribution is 2.23. The summed E-state index contributed by atoms with van der Waals surface area (Å²) in [6.45, 7) is 1.91. The van der Waals surface area contributed by atoms with Gasteiger partial charge in [0, 0.05) is 16.8 Å². The van der Waals surface area contributed by atoms with Gasteiger partial charge in [0.1, 0.15) is 0 Å². The van der Waals surface area contributed by atoms with E-state index in [0.29, 0.717) is 0 Å². The molecule has 0 aliphatic heterocycles. The summed E-state index contributed by atoms with van der Waals surface area (Å²) in [5, 5.41) is 6.61. The van der Waals surface area contributed by atoms with Crippen LogP contribution in [0.1, 0.15) is 5.69 Å². The second kappa shape index (κ2) is 5.63. The van der Waals surface area contributed by atoms with Crippen LogP contribution in [0.25, 0.3) is 10.9 Å². The Morgan fingerprint density at radius 2 is 1.67 bits per heavy atom. The molecule has 0 radical (unpaired) electrons. The van der Waals surface area contributed by atoms with Crippen LogP contribution in [0, 0.1) is 6.92 Å². The third kappa shape index (κ3) is 3.00. The molecule has 0 saturated carbocycles. The lowest BCUT2D eigenvalue weighted by Crippen LogP contribution is -2.19. The Morgan fingerprint density at radius 1 is 0.952 bits per heavy atom. The average Bonchev–Trinajstić information content (AvgIpc) is 2.48. The Bertz CT molecular complexity index is 784. The first-order valence-electron chi connectivity index (χ1n) is 6.72. The molecule has 104 valence electrons. The van der Waals surface area contributed by atoms with Gasteiger partial charge in [-0.1, -0.05) is 36.4 Å². The fraction of sp³-hybridized carbons (Fsp3) is 0.0588. The molecule has 0 bridgehead atoms. The molecule has 1 aromatic heterocycles. The number of urea groups is 1. The van der Waals surface area contributed by atoms with Gasteiger partial charge in [-0.2, -0.15) is 0 Å². The van der Waals surface area contributed by atoms with Gasteiger partial charge < -0.3 is 10.6 Å². The Balaban J connectivity index is 1.86. The van der Waals surface area contributed by atoms with Crippen LogP contribution in [-0.4, -0.2) is 11.0 Å². The first-order valence-corrected chi connectivity index (χ1v) is 6.72. The highest BCUT2D eigenvalue weighted by atomic mass is 16.2. The van der Waals surface area contributed by atoms with E-state index in [1.165, 1.54) is 0 Å². The molecule has 0 saturated heterocycles. The number of pyridine rings is 1. The number of hydrogen-bond acceptors (Lipinski definition) is 2. The van der Waals surface area contributed by atoms with E-state index in [2.05, 4.69) is 15.6 Å². The van der Waals surface area contributed by atoms with Crippen LogP contribution >= 0.6 is 0 Å². The lowest BCUT2D eigenvalue weighted by atomic mass is 10.1. The number of amides is 2. The second-order valence-corrected chi connectivity index (χ2v) is 4.77. The summed E-state index contributed by atoms with van der Waals surface area (Å²) in [6.07, 6.45) is 0. The number of aromatic nitrogens is 1. The number of nitrogens with zero attached hydrogens (tertiary/aromatic N) is 1. The van der Waals surface area contributed by atoms with Gasteiger partial charge in [0.15, 0.2) is 0 Å². The van der Waals surface area contributed by atoms with Gasteiger partial charge in [-0.3, -0.25) is 4.98 Å². The van der Waals surface area contributed by atoms with Gasteiger partial charge in [-0.25, -0.2) is 4.79 Å². The van der Waals surface area contributed by atoms with E-state index in [9.17, 15) is 4.79 Å². The number of rotatable bonds is 2. The van der Waals surface area contributed by atoms with Crippen molar-refractivity contribution in [3.63, 3.8) is 0 Å². The van der Waals surface area contributed by atoms with E-state index < -0.39 is 0 Å². The molecule has 2 aromatic carbocycles. The third-order valence-corrected chi connectivity index (χ3v) is 3.12. The number of nitrogens with one attached hydrogen (secondary N) is 2. The molecule has 0 spiro atoms. The Morgan fingerprint density at radius 3 is 2.48 bits per heavy atom. The molecule has 0 fully saturated rings. The van der Waals surface area contributed by atoms with Crippen LogP contribution < -0.4 is 10.6 Å². The highest BCUT2D eigenvalue weighted by molar-refractivity contribution is 6.05. The minimum atomic E-state index is -0.267. The molecular formula is C17H15N3O. The van der Waals surface area contributed by atoms with Crippen molar-refractivity contribution in [3.8, 4) is 0 Å². The maximum Gasteiger partial charge on any atom is 0.323 e. The molecule has 21 heavy (non-hydrogen) atoms. The lowest BCUT2D eigenvalue weighted by molar-refractivity contribution is 0.262. The SMILES string of the molecule is Cc1cc(NC(=O)Nc2ccccc2)c2ccccc2n1. The normalized spacial score (nSPS) is 10.3. The number of carbonyl (C=O) groups excluding carboxylic acids is 1. The van der Waals surface area contributed by atoms with Crippen molar-refractivity contribution in [1.29, 1.82) is 0 Å². The van der Waals surface area contributed by atoms with Crippen molar-refractivity contribution in [3.05, 3.63) is 66.4 Å². The number of hydrogen-bond donors (Lipinski definition) is 2. The summed E-state index contributed by atoms with van der Waals surface area (Å²) in [6, 6.07) is 18.7. The van der Waals surface area contributed by atoms with Gasteiger partial charge in [0.2, 0.25) is 0 Å². The van der Waals surface area contributed by atoms with Gasteiger partial charge in [0.25, 0.3) is 0 Å². The lowest BCUT2D eigenvalue weighted by Gasteiger charge is -2.10. The van der Waals surface area contributed by atoms with Crippen LogP contribution in [0.15, 0.2) is 60.7 Å².